The third-order valence-corrected chi connectivity index (χ3v) is 5.80. The predicted molar refractivity (Wildman–Crippen MR) is 86.5 cm³/mol. The van der Waals surface area contributed by atoms with E-state index >= 15 is 0 Å². The van der Waals surface area contributed by atoms with Gasteiger partial charge in [0.25, 0.3) is 0 Å². The van der Waals surface area contributed by atoms with Gasteiger partial charge in [0.15, 0.2) is 0 Å². The molecule has 6 heteroatoms. The number of fused-ring (bicyclic) bond motifs is 1. The first-order valence-corrected chi connectivity index (χ1v) is 9.45. The fourth-order valence-corrected chi connectivity index (χ4v) is 4.25. The molecule has 0 aliphatic carbocycles. The maximum absolute atomic E-state index is 12.3. The summed E-state index contributed by atoms with van der Waals surface area (Å²) < 4.78 is 27.3. The van der Waals surface area contributed by atoms with Crippen LogP contribution in [-0.2, 0) is 22.9 Å². The average molecular weight is 322 g/mol. The minimum atomic E-state index is -3.42. The second kappa shape index (κ2) is 6.17. The topological polar surface area (TPSA) is 58.2 Å². The maximum atomic E-state index is 12.3. The number of thiophene rings is 1. The number of hydrogen-bond acceptors (Lipinski definition) is 4. The minimum Gasteiger partial charge on any atom is -0.385 e. The van der Waals surface area contributed by atoms with Gasteiger partial charge in [0, 0.05) is 18.8 Å². The van der Waals surface area contributed by atoms with Crippen LogP contribution in [0.4, 0.5) is 5.69 Å². The molecular formula is C15H18N2O2S2. The van der Waals surface area contributed by atoms with E-state index in [1.54, 1.807) is 23.5 Å². The van der Waals surface area contributed by atoms with Gasteiger partial charge in [-0.25, -0.2) is 13.1 Å². The van der Waals surface area contributed by atoms with E-state index in [-0.39, 0.29) is 0 Å². The number of sulfonamides is 1. The van der Waals surface area contributed by atoms with Gasteiger partial charge in [0.1, 0.15) is 0 Å². The summed E-state index contributed by atoms with van der Waals surface area (Å²) in [5.41, 5.74) is 3.30. The number of nitrogens with one attached hydrogen (secondary N) is 2. The smallest absolute Gasteiger partial charge is 0.240 e. The van der Waals surface area contributed by atoms with E-state index in [1.165, 1.54) is 0 Å². The summed E-state index contributed by atoms with van der Waals surface area (Å²) in [6.45, 7) is 1.38. The standard InChI is InChI=1S/C15H18N2O2S2/c18-21(19,17-8-5-12-6-9-20-11-12)14-3-4-15-13(10-14)2-1-7-16-15/h3-4,6,9-11,16-17H,1-2,5,7-8H2. The Morgan fingerprint density at radius 3 is 3.00 bits per heavy atom. The van der Waals surface area contributed by atoms with Gasteiger partial charge in [0.2, 0.25) is 10.0 Å². The molecule has 1 aromatic heterocycles. The molecule has 0 fully saturated rings. The van der Waals surface area contributed by atoms with Gasteiger partial charge in [-0.2, -0.15) is 11.3 Å². The third-order valence-electron chi connectivity index (χ3n) is 3.61. The van der Waals surface area contributed by atoms with Gasteiger partial charge in [-0.1, -0.05) is 0 Å². The first-order valence-electron chi connectivity index (χ1n) is 7.03. The summed E-state index contributed by atoms with van der Waals surface area (Å²) in [7, 11) is -3.42. The van der Waals surface area contributed by atoms with Crippen molar-refractivity contribution in [3.63, 3.8) is 0 Å². The van der Waals surface area contributed by atoms with Crippen molar-refractivity contribution >= 4 is 27.0 Å². The molecule has 4 nitrogen and oxygen atoms in total. The molecule has 2 heterocycles. The van der Waals surface area contributed by atoms with Crippen LogP contribution in [0.3, 0.4) is 0 Å². The highest BCUT2D eigenvalue weighted by Gasteiger charge is 2.17. The molecule has 2 aromatic rings. The van der Waals surface area contributed by atoms with Crippen molar-refractivity contribution in [1.82, 2.24) is 4.72 Å². The van der Waals surface area contributed by atoms with Crippen molar-refractivity contribution in [2.45, 2.75) is 24.2 Å². The fraction of sp³-hybridized carbons (Fsp3) is 0.333. The molecule has 112 valence electrons. The molecule has 3 rings (SSSR count). The summed E-state index contributed by atoms with van der Waals surface area (Å²) in [4.78, 5) is 0.357. The lowest BCUT2D eigenvalue weighted by molar-refractivity contribution is 0.581. The summed E-state index contributed by atoms with van der Waals surface area (Å²) in [6.07, 6.45) is 2.69. The highest BCUT2D eigenvalue weighted by Crippen LogP contribution is 2.24. The van der Waals surface area contributed by atoms with E-state index in [0.29, 0.717) is 11.4 Å². The number of anilines is 1. The molecule has 0 saturated carbocycles. The fourth-order valence-electron chi connectivity index (χ4n) is 2.47. The van der Waals surface area contributed by atoms with Crippen molar-refractivity contribution in [3.05, 3.63) is 46.2 Å². The van der Waals surface area contributed by atoms with Crippen molar-refractivity contribution in [1.29, 1.82) is 0 Å². The van der Waals surface area contributed by atoms with Crippen LogP contribution in [-0.4, -0.2) is 21.5 Å². The molecule has 2 N–H and O–H groups in total. The van der Waals surface area contributed by atoms with Gasteiger partial charge in [0.05, 0.1) is 4.90 Å². The van der Waals surface area contributed by atoms with E-state index in [0.717, 1.165) is 42.6 Å². The number of rotatable bonds is 5. The number of benzene rings is 1. The third kappa shape index (κ3) is 3.45. The summed E-state index contributed by atoms with van der Waals surface area (Å²) in [6, 6.07) is 7.34. The Kier molecular flexibility index (Phi) is 4.28. The lowest BCUT2D eigenvalue weighted by Gasteiger charge is -2.18. The van der Waals surface area contributed by atoms with E-state index < -0.39 is 10.0 Å². The Bertz CT molecular complexity index is 709. The van der Waals surface area contributed by atoms with Gasteiger partial charge >= 0.3 is 0 Å². The zero-order chi connectivity index (χ0) is 14.7. The molecule has 0 unspecified atom stereocenters. The predicted octanol–water partition coefficient (Wildman–Crippen LogP) is 2.63. The Morgan fingerprint density at radius 2 is 2.19 bits per heavy atom. The zero-order valence-corrected chi connectivity index (χ0v) is 13.3. The van der Waals surface area contributed by atoms with Crippen LogP contribution < -0.4 is 10.0 Å². The van der Waals surface area contributed by atoms with Gasteiger partial charge in [-0.3, -0.25) is 0 Å². The molecule has 1 aliphatic rings. The monoisotopic (exact) mass is 322 g/mol. The van der Waals surface area contributed by atoms with Crippen LogP contribution >= 0.6 is 11.3 Å². The molecule has 0 saturated heterocycles. The first kappa shape index (κ1) is 14.6. The van der Waals surface area contributed by atoms with Gasteiger partial charge in [-0.05, 0) is 65.4 Å². The number of hydrogen-bond donors (Lipinski definition) is 2. The Hall–Kier alpha value is -1.37. The lowest BCUT2D eigenvalue weighted by Crippen LogP contribution is -2.26. The molecule has 0 amide bonds. The van der Waals surface area contributed by atoms with Crippen molar-refractivity contribution < 1.29 is 8.42 Å². The molecule has 1 aliphatic heterocycles. The van der Waals surface area contributed by atoms with Crippen LogP contribution in [0.2, 0.25) is 0 Å². The van der Waals surface area contributed by atoms with Crippen LogP contribution in [0.15, 0.2) is 39.9 Å². The Labute approximate surface area is 129 Å². The summed E-state index contributed by atoms with van der Waals surface area (Å²) in [5, 5.41) is 7.33. The van der Waals surface area contributed by atoms with Crippen LogP contribution in [0.5, 0.6) is 0 Å². The molecule has 0 bridgehead atoms. The molecule has 0 atom stereocenters. The molecule has 0 spiro atoms. The number of aryl methyl sites for hydroxylation is 1. The van der Waals surface area contributed by atoms with E-state index in [2.05, 4.69) is 10.0 Å². The second-order valence-corrected chi connectivity index (χ2v) is 7.68. The van der Waals surface area contributed by atoms with Crippen LogP contribution in [0.25, 0.3) is 0 Å². The van der Waals surface area contributed by atoms with Crippen molar-refractivity contribution in [2.24, 2.45) is 0 Å². The highest BCUT2D eigenvalue weighted by atomic mass is 32.2. The largest absolute Gasteiger partial charge is 0.385 e. The maximum Gasteiger partial charge on any atom is 0.240 e. The Morgan fingerprint density at radius 1 is 1.29 bits per heavy atom. The summed E-state index contributed by atoms with van der Waals surface area (Å²) >= 11 is 1.63. The minimum absolute atomic E-state index is 0.357. The molecule has 21 heavy (non-hydrogen) atoms. The lowest BCUT2D eigenvalue weighted by atomic mass is 10.0. The van der Waals surface area contributed by atoms with E-state index in [4.69, 9.17) is 0 Å². The SMILES string of the molecule is O=S(=O)(NCCc1ccsc1)c1ccc2c(c1)CCCN2. The molecular weight excluding hydrogens is 304 g/mol. The molecule has 1 aromatic carbocycles. The highest BCUT2D eigenvalue weighted by molar-refractivity contribution is 7.89. The second-order valence-electron chi connectivity index (χ2n) is 5.13. The average Bonchev–Trinajstić information content (AvgIpc) is 3.00. The van der Waals surface area contributed by atoms with Crippen LogP contribution in [0, 0.1) is 0 Å². The van der Waals surface area contributed by atoms with E-state index in [1.807, 2.05) is 22.9 Å². The van der Waals surface area contributed by atoms with E-state index in [9.17, 15) is 8.42 Å². The van der Waals surface area contributed by atoms with Crippen LogP contribution in [0.1, 0.15) is 17.5 Å². The van der Waals surface area contributed by atoms with Gasteiger partial charge in [-0.15, -0.1) is 0 Å². The van der Waals surface area contributed by atoms with Crippen molar-refractivity contribution in [2.75, 3.05) is 18.4 Å². The molecule has 0 radical (unpaired) electrons. The summed E-state index contributed by atoms with van der Waals surface area (Å²) in [5.74, 6) is 0. The van der Waals surface area contributed by atoms with Gasteiger partial charge < -0.3 is 5.32 Å². The van der Waals surface area contributed by atoms with Crippen molar-refractivity contribution in [3.8, 4) is 0 Å². The Balaban J connectivity index is 1.69. The normalized spacial score (nSPS) is 14.5. The quantitative estimate of drug-likeness (QED) is 0.890. The zero-order valence-electron chi connectivity index (χ0n) is 11.6. The first-order chi connectivity index (χ1) is 10.1.